The molecule has 0 aliphatic carbocycles. The summed E-state index contributed by atoms with van der Waals surface area (Å²) in [5.74, 6) is 0. The van der Waals surface area contributed by atoms with Crippen molar-refractivity contribution < 1.29 is 8.42 Å². The van der Waals surface area contributed by atoms with Crippen molar-refractivity contribution in [1.29, 1.82) is 0 Å². The van der Waals surface area contributed by atoms with Gasteiger partial charge < -0.3 is 5.73 Å². The predicted octanol–water partition coefficient (Wildman–Crippen LogP) is 2.03. The van der Waals surface area contributed by atoms with Crippen molar-refractivity contribution in [2.45, 2.75) is 18.4 Å². The van der Waals surface area contributed by atoms with Gasteiger partial charge in [0.15, 0.2) is 5.03 Å². The van der Waals surface area contributed by atoms with E-state index >= 15 is 0 Å². The molecule has 19 heavy (non-hydrogen) atoms. The molecule has 6 heteroatoms. The van der Waals surface area contributed by atoms with Crippen molar-refractivity contribution in [3.63, 3.8) is 0 Å². The van der Waals surface area contributed by atoms with Gasteiger partial charge in [0.25, 0.3) is 10.0 Å². The zero-order chi connectivity index (χ0) is 13.9. The number of nitrogens with zero attached hydrogens (tertiary/aromatic N) is 1. The van der Waals surface area contributed by atoms with Crippen LogP contribution in [0.4, 0.5) is 11.4 Å². The van der Waals surface area contributed by atoms with E-state index in [4.69, 9.17) is 5.73 Å². The van der Waals surface area contributed by atoms with Gasteiger partial charge >= 0.3 is 0 Å². The monoisotopic (exact) mass is 277 g/mol. The van der Waals surface area contributed by atoms with Crippen LogP contribution in [0.5, 0.6) is 0 Å². The highest BCUT2D eigenvalue weighted by Gasteiger charge is 2.18. The third kappa shape index (κ3) is 3.03. The summed E-state index contributed by atoms with van der Waals surface area (Å²) in [6.07, 6.45) is 2.30. The fourth-order valence-electron chi connectivity index (χ4n) is 1.64. The van der Waals surface area contributed by atoms with Crippen LogP contribution in [-0.2, 0) is 16.4 Å². The van der Waals surface area contributed by atoms with E-state index in [1.165, 1.54) is 12.3 Å². The zero-order valence-corrected chi connectivity index (χ0v) is 11.3. The topological polar surface area (TPSA) is 85.1 Å². The third-order valence-electron chi connectivity index (χ3n) is 2.67. The molecule has 0 radical (unpaired) electrons. The number of hydrogen-bond acceptors (Lipinski definition) is 4. The number of nitrogen functional groups attached to an aromatic ring is 1. The minimum atomic E-state index is -3.75. The number of rotatable bonds is 4. The molecule has 1 heterocycles. The van der Waals surface area contributed by atoms with Gasteiger partial charge in [0.2, 0.25) is 0 Å². The van der Waals surface area contributed by atoms with Crippen molar-refractivity contribution in [2.24, 2.45) is 0 Å². The van der Waals surface area contributed by atoms with Gasteiger partial charge in [-0.15, -0.1) is 0 Å². The summed E-state index contributed by atoms with van der Waals surface area (Å²) in [5.41, 5.74) is 7.38. The Hall–Kier alpha value is -2.08. The Bertz CT molecular complexity index is 667. The SMILES string of the molecule is CCc1ccc(NS(=O)(=O)c2ncccc2N)cc1. The minimum Gasteiger partial charge on any atom is -0.396 e. The van der Waals surface area contributed by atoms with Crippen molar-refractivity contribution in [1.82, 2.24) is 4.98 Å². The Morgan fingerprint density at radius 1 is 1.21 bits per heavy atom. The van der Waals surface area contributed by atoms with Crippen LogP contribution >= 0.6 is 0 Å². The van der Waals surface area contributed by atoms with Gasteiger partial charge in [0.05, 0.1) is 5.69 Å². The van der Waals surface area contributed by atoms with Crippen molar-refractivity contribution >= 4 is 21.4 Å². The predicted molar refractivity (Wildman–Crippen MR) is 75.3 cm³/mol. The second kappa shape index (κ2) is 5.27. The van der Waals surface area contributed by atoms with Crippen LogP contribution < -0.4 is 10.5 Å². The maximum Gasteiger partial charge on any atom is 0.281 e. The molecule has 0 fully saturated rings. The lowest BCUT2D eigenvalue weighted by Gasteiger charge is -2.09. The number of nitrogens with two attached hydrogens (primary N) is 1. The molecule has 5 nitrogen and oxygen atoms in total. The number of nitrogens with one attached hydrogen (secondary N) is 1. The Balaban J connectivity index is 2.28. The molecule has 0 aliphatic heterocycles. The van der Waals surface area contributed by atoms with Gasteiger partial charge in [-0.1, -0.05) is 19.1 Å². The fraction of sp³-hybridized carbons (Fsp3) is 0.154. The normalized spacial score (nSPS) is 11.2. The maximum absolute atomic E-state index is 12.1. The second-order valence-electron chi connectivity index (χ2n) is 4.05. The van der Waals surface area contributed by atoms with E-state index < -0.39 is 10.0 Å². The first kappa shape index (κ1) is 13.4. The number of aryl methyl sites for hydroxylation is 1. The smallest absolute Gasteiger partial charge is 0.281 e. The maximum atomic E-state index is 12.1. The van der Waals surface area contributed by atoms with E-state index in [-0.39, 0.29) is 10.7 Å². The third-order valence-corrected chi connectivity index (χ3v) is 4.02. The van der Waals surface area contributed by atoms with E-state index in [1.54, 1.807) is 18.2 Å². The first-order chi connectivity index (χ1) is 9.03. The highest BCUT2D eigenvalue weighted by molar-refractivity contribution is 7.92. The largest absolute Gasteiger partial charge is 0.396 e. The summed E-state index contributed by atoms with van der Waals surface area (Å²) in [5, 5.41) is -0.158. The summed E-state index contributed by atoms with van der Waals surface area (Å²) < 4.78 is 26.7. The van der Waals surface area contributed by atoms with Crippen molar-refractivity contribution in [2.75, 3.05) is 10.5 Å². The highest BCUT2D eigenvalue weighted by atomic mass is 32.2. The molecule has 1 aromatic carbocycles. The fourth-order valence-corrected chi connectivity index (χ4v) is 2.76. The molecule has 0 saturated heterocycles. The molecule has 0 unspecified atom stereocenters. The molecule has 3 N–H and O–H groups in total. The van der Waals surface area contributed by atoms with Crippen LogP contribution in [0.15, 0.2) is 47.6 Å². The van der Waals surface area contributed by atoms with E-state index in [2.05, 4.69) is 9.71 Å². The number of anilines is 2. The Kier molecular flexibility index (Phi) is 3.71. The van der Waals surface area contributed by atoms with Crippen molar-refractivity contribution in [3.8, 4) is 0 Å². The van der Waals surface area contributed by atoms with Gasteiger partial charge in [-0.3, -0.25) is 4.72 Å². The molecule has 2 rings (SSSR count). The van der Waals surface area contributed by atoms with E-state index in [1.807, 2.05) is 19.1 Å². The zero-order valence-electron chi connectivity index (χ0n) is 10.5. The molecular formula is C13H15N3O2S. The summed E-state index contributed by atoms with van der Waals surface area (Å²) in [6.45, 7) is 2.04. The van der Waals surface area contributed by atoms with Crippen LogP contribution in [0.2, 0.25) is 0 Å². The van der Waals surface area contributed by atoms with Gasteiger partial charge in [-0.25, -0.2) is 4.98 Å². The summed E-state index contributed by atoms with van der Waals surface area (Å²) in [6, 6.07) is 10.3. The number of pyridine rings is 1. The lowest BCUT2D eigenvalue weighted by molar-refractivity contribution is 0.598. The summed E-state index contributed by atoms with van der Waals surface area (Å²) in [7, 11) is -3.75. The molecule has 1 aromatic heterocycles. The molecule has 0 bridgehead atoms. The van der Waals surface area contributed by atoms with Gasteiger partial charge in [0.1, 0.15) is 0 Å². The standard InChI is InChI=1S/C13H15N3O2S/c1-2-10-5-7-11(8-6-10)16-19(17,18)13-12(14)4-3-9-15-13/h3-9,16H,2,14H2,1H3. The second-order valence-corrected chi connectivity index (χ2v) is 5.65. The number of benzene rings is 1. The van der Waals surface area contributed by atoms with Crippen molar-refractivity contribution in [3.05, 3.63) is 48.2 Å². The number of aromatic nitrogens is 1. The molecule has 0 amide bonds. The highest BCUT2D eigenvalue weighted by Crippen LogP contribution is 2.19. The van der Waals surface area contributed by atoms with E-state index in [9.17, 15) is 8.42 Å². The Morgan fingerprint density at radius 3 is 2.47 bits per heavy atom. The van der Waals surface area contributed by atoms with Crippen LogP contribution in [0.3, 0.4) is 0 Å². The van der Waals surface area contributed by atoms with E-state index in [0.29, 0.717) is 5.69 Å². The van der Waals surface area contributed by atoms with Crippen LogP contribution in [0, 0.1) is 0 Å². The lowest BCUT2D eigenvalue weighted by atomic mass is 10.2. The number of sulfonamides is 1. The first-order valence-electron chi connectivity index (χ1n) is 5.85. The summed E-state index contributed by atoms with van der Waals surface area (Å²) in [4.78, 5) is 3.80. The van der Waals surface area contributed by atoms with Gasteiger partial charge in [-0.05, 0) is 36.2 Å². The Morgan fingerprint density at radius 2 is 1.89 bits per heavy atom. The molecule has 2 aromatic rings. The molecule has 0 atom stereocenters. The Labute approximate surface area is 112 Å². The quantitative estimate of drug-likeness (QED) is 0.895. The van der Waals surface area contributed by atoms with Gasteiger partial charge in [-0.2, -0.15) is 8.42 Å². The molecule has 0 saturated carbocycles. The lowest BCUT2D eigenvalue weighted by Crippen LogP contribution is -2.16. The van der Waals surface area contributed by atoms with Crippen LogP contribution in [0.25, 0.3) is 0 Å². The van der Waals surface area contributed by atoms with E-state index in [0.717, 1.165) is 12.0 Å². The molecule has 0 aliphatic rings. The number of hydrogen-bond donors (Lipinski definition) is 2. The molecular weight excluding hydrogens is 262 g/mol. The van der Waals surface area contributed by atoms with Crippen LogP contribution in [-0.4, -0.2) is 13.4 Å². The first-order valence-corrected chi connectivity index (χ1v) is 7.33. The molecule has 100 valence electrons. The minimum absolute atomic E-state index is 0.125. The summed E-state index contributed by atoms with van der Waals surface area (Å²) >= 11 is 0. The average molecular weight is 277 g/mol. The van der Waals surface area contributed by atoms with Crippen LogP contribution in [0.1, 0.15) is 12.5 Å². The average Bonchev–Trinajstić information content (AvgIpc) is 2.39. The van der Waals surface area contributed by atoms with Gasteiger partial charge in [0, 0.05) is 11.9 Å². The molecule has 0 spiro atoms.